The molecular formula is C23H27N3O4. The number of pyridine rings is 1. The molecule has 1 aliphatic rings. The van der Waals surface area contributed by atoms with Crippen LogP contribution in [0.5, 0.6) is 5.75 Å². The second-order valence-electron chi connectivity index (χ2n) is 8.30. The normalized spacial score (nSPS) is 14.0. The lowest BCUT2D eigenvalue weighted by Gasteiger charge is -2.16. The summed E-state index contributed by atoms with van der Waals surface area (Å²) in [5, 5.41) is 20.7. The number of nitrogens with one attached hydrogen (secondary N) is 1. The van der Waals surface area contributed by atoms with Crippen LogP contribution in [0.25, 0.3) is 22.2 Å². The largest absolute Gasteiger partial charge is 0.506 e. The lowest BCUT2D eigenvalue weighted by molar-refractivity contribution is 0.0691. The van der Waals surface area contributed by atoms with Crippen molar-refractivity contribution < 1.29 is 15.0 Å². The number of hydrogen-bond acceptors (Lipinski definition) is 4. The van der Waals surface area contributed by atoms with Crippen molar-refractivity contribution in [3.05, 3.63) is 51.4 Å². The summed E-state index contributed by atoms with van der Waals surface area (Å²) in [7, 11) is 4.20. The predicted molar refractivity (Wildman–Crippen MR) is 116 cm³/mol. The SMILES string of the molecule is CCc1c(-c2ccc3c(c2)cc(CN(C)CC2CC2)n3C)[nH]c(=O)c(C(=O)O)c1O. The molecule has 0 aliphatic heterocycles. The first-order valence-corrected chi connectivity index (χ1v) is 10.3. The zero-order valence-electron chi connectivity index (χ0n) is 17.5. The maximum absolute atomic E-state index is 12.3. The monoisotopic (exact) mass is 409 g/mol. The molecule has 3 N–H and O–H groups in total. The van der Waals surface area contributed by atoms with E-state index in [4.69, 9.17) is 0 Å². The van der Waals surface area contributed by atoms with Gasteiger partial charge in [-0.05, 0) is 56.0 Å². The van der Waals surface area contributed by atoms with Crippen LogP contribution in [0.4, 0.5) is 0 Å². The van der Waals surface area contributed by atoms with Gasteiger partial charge in [0.2, 0.25) is 0 Å². The van der Waals surface area contributed by atoms with Crippen molar-refractivity contribution in [1.29, 1.82) is 0 Å². The summed E-state index contributed by atoms with van der Waals surface area (Å²) in [6, 6.07) is 8.01. The van der Waals surface area contributed by atoms with Gasteiger partial charge in [0, 0.05) is 42.3 Å². The highest BCUT2D eigenvalue weighted by Crippen LogP contribution is 2.33. The van der Waals surface area contributed by atoms with Gasteiger partial charge in [-0.2, -0.15) is 0 Å². The van der Waals surface area contributed by atoms with Crippen molar-refractivity contribution in [2.75, 3.05) is 13.6 Å². The van der Waals surface area contributed by atoms with Gasteiger partial charge in [0.15, 0.2) is 5.56 Å². The number of carboxylic acids is 1. The van der Waals surface area contributed by atoms with Crippen LogP contribution >= 0.6 is 0 Å². The minimum atomic E-state index is -1.44. The van der Waals surface area contributed by atoms with Gasteiger partial charge in [-0.3, -0.25) is 4.79 Å². The van der Waals surface area contributed by atoms with Crippen LogP contribution in [-0.4, -0.2) is 44.2 Å². The Labute approximate surface area is 174 Å². The van der Waals surface area contributed by atoms with Gasteiger partial charge < -0.3 is 24.7 Å². The third-order valence-electron chi connectivity index (χ3n) is 5.99. The Bertz CT molecular complexity index is 1190. The highest BCUT2D eigenvalue weighted by molar-refractivity contribution is 5.92. The third kappa shape index (κ3) is 3.61. The van der Waals surface area contributed by atoms with Gasteiger partial charge >= 0.3 is 5.97 Å². The van der Waals surface area contributed by atoms with E-state index in [0.717, 1.165) is 35.5 Å². The number of benzene rings is 1. The molecule has 0 bridgehead atoms. The van der Waals surface area contributed by atoms with E-state index in [0.29, 0.717) is 17.7 Å². The zero-order chi connectivity index (χ0) is 21.6. The van der Waals surface area contributed by atoms with Crippen LogP contribution in [0, 0.1) is 5.92 Å². The molecule has 7 nitrogen and oxygen atoms in total. The quantitative estimate of drug-likeness (QED) is 0.556. The average Bonchev–Trinajstić information content (AvgIpc) is 3.44. The Morgan fingerprint density at radius 2 is 2.03 bits per heavy atom. The molecule has 1 saturated carbocycles. The molecule has 0 atom stereocenters. The second kappa shape index (κ2) is 7.65. The summed E-state index contributed by atoms with van der Waals surface area (Å²) in [4.78, 5) is 28.6. The summed E-state index contributed by atoms with van der Waals surface area (Å²) in [5.74, 6) is -1.06. The Morgan fingerprint density at radius 1 is 1.30 bits per heavy atom. The van der Waals surface area contributed by atoms with Gasteiger partial charge in [0.05, 0.1) is 5.69 Å². The molecule has 1 aliphatic carbocycles. The number of H-pyrrole nitrogens is 1. The Morgan fingerprint density at radius 3 is 2.67 bits per heavy atom. The minimum Gasteiger partial charge on any atom is -0.506 e. The van der Waals surface area contributed by atoms with E-state index in [-0.39, 0.29) is 0 Å². The number of aromatic hydroxyl groups is 1. The van der Waals surface area contributed by atoms with Crippen molar-refractivity contribution in [3.63, 3.8) is 0 Å². The molecule has 1 fully saturated rings. The van der Waals surface area contributed by atoms with Crippen LogP contribution < -0.4 is 5.56 Å². The Kier molecular flexibility index (Phi) is 5.15. The first kappa shape index (κ1) is 20.2. The molecule has 0 spiro atoms. The molecule has 0 unspecified atom stereocenters. The number of carbonyl (C=O) groups is 1. The summed E-state index contributed by atoms with van der Waals surface area (Å²) in [5.41, 5.74) is 2.50. The molecule has 7 heteroatoms. The van der Waals surface area contributed by atoms with Crippen LogP contribution in [0.3, 0.4) is 0 Å². The van der Waals surface area contributed by atoms with Crippen molar-refractivity contribution in [2.45, 2.75) is 32.7 Å². The molecule has 2 aromatic heterocycles. The fourth-order valence-electron chi connectivity index (χ4n) is 4.21. The highest BCUT2D eigenvalue weighted by atomic mass is 16.4. The van der Waals surface area contributed by atoms with Gasteiger partial charge in [-0.15, -0.1) is 0 Å². The molecule has 0 amide bonds. The van der Waals surface area contributed by atoms with Gasteiger partial charge in [0.25, 0.3) is 5.56 Å². The fraction of sp³-hybridized carbons (Fsp3) is 0.391. The van der Waals surface area contributed by atoms with Crippen LogP contribution in [0.2, 0.25) is 0 Å². The van der Waals surface area contributed by atoms with Crippen molar-refractivity contribution in [2.24, 2.45) is 13.0 Å². The van der Waals surface area contributed by atoms with E-state index in [1.807, 2.05) is 25.1 Å². The molecule has 4 rings (SSSR count). The Hall–Kier alpha value is -3.06. The molecule has 3 aromatic rings. The Balaban J connectivity index is 1.75. The van der Waals surface area contributed by atoms with E-state index < -0.39 is 22.8 Å². The highest BCUT2D eigenvalue weighted by Gasteiger charge is 2.24. The molecule has 0 radical (unpaired) electrons. The van der Waals surface area contributed by atoms with Crippen molar-refractivity contribution in [3.8, 4) is 17.0 Å². The molecule has 30 heavy (non-hydrogen) atoms. The summed E-state index contributed by atoms with van der Waals surface area (Å²) >= 11 is 0. The molecule has 1 aromatic carbocycles. The van der Waals surface area contributed by atoms with Gasteiger partial charge in [0.1, 0.15) is 5.75 Å². The van der Waals surface area contributed by atoms with E-state index in [1.165, 1.54) is 18.5 Å². The van der Waals surface area contributed by atoms with Crippen LogP contribution in [0.15, 0.2) is 29.1 Å². The third-order valence-corrected chi connectivity index (χ3v) is 5.99. The van der Waals surface area contributed by atoms with Gasteiger partial charge in [-0.1, -0.05) is 13.0 Å². The molecular weight excluding hydrogens is 382 g/mol. The molecule has 0 saturated heterocycles. The van der Waals surface area contributed by atoms with Crippen molar-refractivity contribution >= 4 is 16.9 Å². The number of carboxylic acid groups (broad SMARTS) is 1. The van der Waals surface area contributed by atoms with Crippen LogP contribution in [0.1, 0.15) is 41.4 Å². The summed E-state index contributed by atoms with van der Waals surface area (Å²) in [6.45, 7) is 3.79. The fourth-order valence-corrected chi connectivity index (χ4v) is 4.21. The number of hydrogen-bond donors (Lipinski definition) is 3. The number of aromatic nitrogens is 2. The number of aromatic carboxylic acids is 1. The number of nitrogens with zero attached hydrogens (tertiary/aromatic N) is 2. The standard InChI is InChI=1S/C23H27N3O4/c1-4-17-20(24-22(28)19(21(17)27)23(29)30)14-7-8-18-15(9-14)10-16(26(18)3)12-25(2)11-13-5-6-13/h7-10,13H,4-6,11-12H2,1-3H3,(H,29,30)(H2,24,27,28). The number of fused-ring (bicyclic) bond motifs is 1. The van der Waals surface area contributed by atoms with Crippen molar-refractivity contribution in [1.82, 2.24) is 14.5 Å². The van der Waals surface area contributed by atoms with E-state index in [2.05, 4.69) is 34.6 Å². The average molecular weight is 409 g/mol. The smallest absolute Gasteiger partial charge is 0.345 e. The van der Waals surface area contributed by atoms with E-state index >= 15 is 0 Å². The topological polar surface area (TPSA) is 98.6 Å². The number of rotatable bonds is 7. The minimum absolute atomic E-state index is 0.391. The second-order valence-corrected chi connectivity index (χ2v) is 8.30. The molecule has 2 heterocycles. The summed E-state index contributed by atoms with van der Waals surface area (Å²) < 4.78 is 2.18. The lowest BCUT2D eigenvalue weighted by Crippen LogP contribution is -2.21. The first-order chi connectivity index (χ1) is 14.3. The predicted octanol–water partition coefficient (Wildman–Crippen LogP) is 3.34. The van der Waals surface area contributed by atoms with Crippen LogP contribution in [-0.2, 0) is 20.0 Å². The van der Waals surface area contributed by atoms with E-state index in [9.17, 15) is 19.8 Å². The lowest BCUT2D eigenvalue weighted by atomic mass is 9.99. The number of aryl methyl sites for hydroxylation is 1. The van der Waals surface area contributed by atoms with Gasteiger partial charge in [-0.25, -0.2) is 4.79 Å². The number of aromatic amines is 1. The maximum atomic E-state index is 12.3. The molecule has 158 valence electrons. The maximum Gasteiger partial charge on any atom is 0.345 e. The zero-order valence-corrected chi connectivity index (χ0v) is 17.5. The summed E-state index contributed by atoms with van der Waals surface area (Å²) in [6.07, 6.45) is 3.05. The first-order valence-electron chi connectivity index (χ1n) is 10.3. The van der Waals surface area contributed by atoms with E-state index in [1.54, 1.807) is 0 Å².